The van der Waals surface area contributed by atoms with Crippen molar-refractivity contribution in [1.82, 2.24) is 0 Å². The van der Waals surface area contributed by atoms with E-state index in [1.165, 1.54) is 11.6 Å². The number of para-hydroxylation sites is 1. The average Bonchev–Trinajstić information content (AvgIpc) is 2.50. The molecule has 2 nitrogen and oxygen atoms in total. The minimum Gasteiger partial charge on any atom is -0.361 e. The lowest BCUT2D eigenvalue weighted by Gasteiger charge is -2.35. The molecule has 0 fully saturated rings. The molecular weight excluding hydrogens is 251 g/mol. The van der Waals surface area contributed by atoms with Gasteiger partial charge in [0.05, 0.1) is 11.8 Å². The zero-order valence-corrected chi connectivity index (χ0v) is 11.1. The Morgan fingerprint density at radius 1 is 1.10 bits per heavy atom. The molecule has 1 atom stereocenters. The van der Waals surface area contributed by atoms with E-state index in [0.717, 1.165) is 18.4 Å². The molecule has 0 aromatic heterocycles. The van der Waals surface area contributed by atoms with Gasteiger partial charge in [0.25, 0.3) is 0 Å². The Morgan fingerprint density at radius 3 is 2.65 bits per heavy atom. The van der Waals surface area contributed by atoms with E-state index >= 15 is 0 Å². The molecule has 1 aliphatic rings. The standard InChI is InChI=1S/C17H15FN2/c18-15-9-3-4-10-16(15)20-17(12-19)11-5-7-13-6-1-2-8-14(13)17/h1-4,6,8-10,20H,5,7,11H2. The van der Waals surface area contributed by atoms with Crippen LogP contribution in [0.5, 0.6) is 0 Å². The highest BCUT2D eigenvalue weighted by molar-refractivity contribution is 5.54. The van der Waals surface area contributed by atoms with E-state index in [0.29, 0.717) is 12.1 Å². The van der Waals surface area contributed by atoms with Crippen LogP contribution in [0.1, 0.15) is 24.0 Å². The molecule has 0 aliphatic heterocycles. The van der Waals surface area contributed by atoms with Crippen molar-refractivity contribution in [3.63, 3.8) is 0 Å². The highest BCUT2D eigenvalue weighted by atomic mass is 19.1. The second-order valence-corrected chi connectivity index (χ2v) is 5.13. The molecule has 0 saturated heterocycles. The van der Waals surface area contributed by atoms with Crippen LogP contribution in [0.3, 0.4) is 0 Å². The zero-order valence-electron chi connectivity index (χ0n) is 11.1. The van der Waals surface area contributed by atoms with Gasteiger partial charge in [-0.15, -0.1) is 0 Å². The number of hydrogen-bond acceptors (Lipinski definition) is 2. The molecular formula is C17H15FN2. The fourth-order valence-electron chi connectivity index (χ4n) is 2.90. The summed E-state index contributed by atoms with van der Waals surface area (Å²) >= 11 is 0. The van der Waals surface area contributed by atoms with Gasteiger partial charge in [-0.25, -0.2) is 4.39 Å². The quantitative estimate of drug-likeness (QED) is 0.892. The topological polar surface area (TPSA) is 35.8 Å². The van der Waals surface area contributed by atoms with Crippen LogP contribution in [0.2, 0.25) is 0 Å². The van der Waals surface area contributed by atoms with Crippen LogP contribution in [0, 0.1) is 17.1 Å². The minimum atomic E-state index is -0.836. The highest BCUT2D eigenvalue weighted by Crippen LogP contribution is 2.38. The van der Waals surface area contributed by atoms with Gasteiger partial charge in [0, 0.05) is 0 Å². The van der Waals surface area contributed by atoms with Crippen molar-refractivity contribution in [2.45, 2.75) is 24.8 Å². The van der Waals surface area contributed by atoms with E-state index in [4.69, 9.17) is 0 Å². The Bertz CT molecular complexity index is 675. The average molecular weight is 266 g/mol. The SMILES string of the molecule is N#CC1(Nc2ccccc2F)CCCc2ccccc21. The lowest BCUT2D eigenvalue weighted by Crippen LogP contribution is -2.37. The third-order valence-corrected chi connectivity index (χ3v) is 3.89. The minimum absolute atomic E-state index is 0.329. The summed E-state index contributed by atoms with van der Waals surface area (Å²) in [6.07, 6.45) is 2.58. The summed E-state index contributed by atoms with van der Waals surface area (Å²) in [6.45, 7) is 0. The van der Waals surface area contributed by atoms with Gasteiger partial charge in [-0.3, -0.25) is 0 Å². The summed E-state index contributed by atoms with van der Waals surface area (Å²) in [5, 5.41) is 12.8. The van der Waals surface area contributed by atoms with E-state index in [1.807, 2.05) is 24.3 Å². The lowest BCUT2D eigenvalue weighted by molar-refractivity contribution is 0.500. The molecule has 2 aromatic carbocycles. The molecule has 0 bridgehead atoms. The molecule has 100 valence electrons. The number of rotatable bonds is 2. The maximum absolute atomic E-state index is 13.9. The van der Waals surface area contributed by atoms with E-state index in [9.17, 15) is 9.65 Å². The van der Waals surface area contributed by atoms with Crippen LogP contribution >= 0.6 is 0 Å². The van der Waals surface area contributed by atoms with E-state index < -0.39 is 5.54 Å². The molecule has 1 unspecified atom stereocenters. The summed E-state index contributed by atoms with van der Waals surface area (Å²) in [6, 6.07) is 16.8. The summed E-state index contributed by atoms with van der Waals surface area (Å²) in [7, 11) is 0. The molecule has 3 heteroatoms. The molecule has 0 amide bonds. The van der Waals surface area contributed by atoms with Gasteiger partial charge < -0.3 is 5.32 Å². The largest absolute Gasteiger partial charge is 0.361 e. The Balaban J connectivity index is 2.06. The molecule has 0 saturated carbocycles. The Hall–Kier alpha value is -2.34. The first-order valence-electron chi connectivity index (χ1n) is 6.77. The van der Waals surface area contributed by atoms with Gasteiger partial charge in [-0.1, -0.05) is 36.4 Å². The predicted octanol–water partition coefficient (Wildman–Crippen LogP) is 3.99. The number of anilines is 1. The van der Waals surface area contributed by atoms with Gasteiger partial charge in [0.15, 0.2) is 5.54 Å². The fraction of sp³-hybridized carbons (Fsp3) is 0.235. The van der Waals surface area contributed by atoms with Crippen molar-refractivity contribution >= 4 is 5.69 Å². The molecule has 1 aliphatic carbocycles. The van der Waals surface area contributed by atoms with Crippen molar-refractivity contribution in [1.29, 1.82) is 5.26 Å². The normalized spacial score (nSPS) is 20.8. The third kappa shape index (κ3) is 2.04. The Morgan fingerprint density at radius 2 is 1.85 bits per heavy atom. The molecule has 2 aromatic rings. The maximum Gasteiger partial charge on any atom is 0.151 e. The van der Waals surface area contributed by atoms with E-state index in [-0.39, 0.29) is 5.82 Å². The van der Waals surface area contributed by atoms with Crippen molar-refractivity contribution < 1.29 is 4.39 Å². The van der Waals surface area contributed by atoms with Crippen LogP contribution in [0.15, 0.2) is 48.5 Å². The number of nitriles is 1. The second-order valence-electron chi connectivity index (χ2n) is 5.13. The lowest BCUT2D eigenvalue weighted by atomic mass is 9.77. The third-order valence-electron chi connectivity index (χ3n) is 3.89. The second kappa shape index (κ2) is 4.97. The summed E-state index contributed by atoms with van der Waals surface area (Å²) in [5.74, 6) is -0.329. The fourth-order valence-corrected chi connectivity index (χ4v) is 2.90. The molecule has 1 N–H and O–H groups in total. The number of nitrogens with one attached hydrogen (secondary N) is 1. The first-order valence-corrected chi connectivity index (χ1v) is 6.77. The number of aryl methyl sites for hydroxylation is 1. The van der Waals surface area contributed by atoms with Gasteiger partial charge in [0.2, 0.25) is 0 Å². The van der Waals surface area contributed by atoms with Crippen LogP contribution in [-0.2, 0) is 12.0 Å². The number of hydrogen-bond donors (Lipinski definition) is 1. The Labute approximate surface area is 117 Å². The molecule has 0 heterocycles. The van der Waals surface area contributed by atoms with Crippen LogP contribution < -0.4 is 5.32 Å². The van der Waals surface area contributed by atoms with Gasteiger partial charge in [-0.2, -0.15) is 5.26 Å². The van der Waals surface area contributed by atoms with Crippen molar-refractivity contribution in [2.75, 3.05) is 5.32 Å². The van der Waals surface area contributed by atoms with Crippen LogP contribution in [-0.4, -0.2) is 0 Å². The number of benzene rings is 2. The molecule has 0 radical (unpaired) electrons. The van der Waals surface area contributed by atoms with Gasteiger partial charge in [-0.05, 0) is 42.5 Å². The monoisotopic (exact) mass is 266 g/mol. The highest BCUT2D eigenvalue weighted by Gasteiger charge is 2.37. The number of fused-ring (bicyclic) bond motifs is 1. The van der Waals surface area contributed by atoms with Crippen LogP contribution in [0.4, 0.5) is 10.1 Å². The summed E-state index contributed by atoms with van der Waals surface area (Å²) in [4.78, 5) is 0. The summed E-state index contributed by atoms with van der Waals surface area (Å²) in [5.41, 5.74) is 1.68. The Kier molecular flexibility index (Phi) is 3.15. The van der Waals surface area contributed by atoms with E-state index in [1.54, 1.807) is 18.2 Å². The maximum atomic E-state index is 13.9. The molecule has 0 spiro atoms. The van der Waals surface area contributed by atoms with Crippen molar-refractivity contribution in [2.24, 2.45) is 0 Å². The predicted molar refractivity (Wildman–Crippen MR) is 76.7 cm³/mol. The first-order chi connectivity index (χ1) is 9.75. The van der Waals surface area contributed by atoms with Crippen molar-refractivity contribution in [3.05, 3.63) is 65.5 Å². The number of halogens is 1. The first kappa shape index (κ1) is 12.7. The zero-order chi connectivity index (χ0) is 14.0. The molecule has 3 rings (SSSR count). The smallest absolute Gasteiger partial charge is 0.151 e. The van der Waals surface area contributed by atoms with Crippen LogP contribution in [0.25, 0.3) is 0 Å². The number of nitrogens with zero attached hydrogens (tertiary/aromatic N) is 1. The molecule has 20 heavy (non-hydrogen) atoms. The summed E-state index contributed by atoms with van der Waals surface area (Å²) < 4.78 is 13.9. The van der Waals surface area contributed by atoms with Gasteiger partial charge in [0.1, 0.15) is 5.82 Å². The van der Waals surface area contributed by atoms with E-state index in [2.05, 4.69) is 11.4 Å². The van der Waals surface area contributed by atoms with Crippen molar-refractivity contribution in [3.8, 4) is 6.07 Å². The van der Waals surface area contributed by atoms with Gasteiger partial charge >= 0.3 is 0 Å².